The molecule has 1 heterocycles. The van der Waals surface area contributed by atoms with Crippen molar-refractivity contribution in [1.82, 2.24) is 4.98 Å². The van der Waals surface area contributed by atoms with Crippen LogP contribution in [0, 0.1) is 0 Å². The normalized spacial score (nSPS) is 18.1. The molecule has 0 amide bonds. The first-order valence-corrected chi connectivity index (χ1v) is 7.30. The number of nitrogens with one attached hydrogen (secondary N) is 2. The first-order chi connectivity index (χ1) is 9.04. The maximum Gasteiger partial charge on any atom is 0.147 e. The fourth-order valence-electron chi connectivity index (χ4n) is 2.40. The molecule has 0 bridgehead atoms. The lowest BCUT2D eigenvalue weighted by molar-refractivity contribution is 0.0166. The molecule has 0 atom stereocenters. The Morgan fingerprint density at radius 3 is 2.47 bits per heavy atom. The molecular formula is C13H19Cl2N3O. The average Bonchev–Trinajstić information content (AvgIpc) is 2.39. The van der Waals surface area contributed by atoms with Crippen molar-refractivity contribution in [2.45, 2.75) is 37.7 Å². The number of pyridine rings is 1. The van der Waals surface area contributed by atoms with Gasteiger partial charge in [-0.1, -0.05) is 42.5 Å². The van der Waals surface area contributed by atoms with Gasteiger partial charge in [-0.05, 0) is 18.9 Å². The largest absolute Gasteiger partial charge is 0.388 e. The van der Waals surface area contributed by atoms with Crippen molar-refractivity contribution in [2.75, 3.05) is 24.2 Å². The van der Waals surface area contributed by atoms with E-state index in [1.807, 2.05) is 0 Å². The maximum atomic E-state index is 10.4. The van der Waals surface area contributed by atoms with Gasteiger partial charge in [-0.2, -0.15) is 0 Å². The molecule has 0 aliphatic heterocycles. The van der Waals surface area contributed by atoms with E-state index in [1.54, 1.807) is 13.1 Å². The first-order valence-electron chi connectivity index (χ1n) is 6.54. The predicted molar refractivity (Wildman–Crippen MR) is 80.3 cm³/mol. The van der Waals surface area contributed by atoms with E-state index in [-0.39, 0.29) is 0 Å². The van der Waals surface area contributed by atoms with Crippen molar-refractivity contribution in [3.63, 3.8) is 0 Å². The Morgan fingerprint density at radius 1 is 1.21 bits per heavy atom. The predicted octanol–water partition coefficient (Wildman–Crippen LogP) is 3.54. The third kappa shape index (κ3) is 3.65. The van der Waals surface area contributed by atoms with Crippen LogP contribution in [0.2, 0.25) is 10.0 Å². The molecule has 0 spiro atoms. The summed E-state index contributed by atoms with van der Waals surface area (Å²) in [6.07, 6.45) is 4.99. The molecule has 2 rings (SSSR count). The van der Waals surface area contributed by atoms with Gasteiger partial charge in [0.1, 0.15) is 11.6 Å². The van der Waals surface area contributed by atoms with Crippen molar-refractivity contribution in [3.8, 4) is 0 Å². The standard InChI is InChI=1S/C13H19Cl2N3O/c1-16-11-9(14)7-10(15)12(18-11)17-8-13(19)5-3-2-4-6-13/h7,19H,2-6,8H2,1H3,(H2,16,17,18). The van der Waals surface area contributed by atoms with Crippen LogP contribution < -0.4 is 10.6 Å². The highest BCUT2D eigenvalue weighted by Gasteiger charge is 2.29. The van der Waals surface area contributed by atoms with Crippen LogP contribution >= 0.6 is 23.2 Å². The number of rotatable bonds is 4. The Morgan fingerprint density at radius 2 is 1.84 bits per heavy atom. The summed E-state index contributed by atoms with van der Waals surface area (Å²) in [5.41, 5.74) is -0.650. The van der Waals surface area contributed by atoms with Crippen molar-refractivity contribution >= 4 is 34.8 Å². The molecular weight excluding hydrogens is 285 g/mol. The molecule has 1 aliphatic rings. The quantitative estimate of drug-likeness (QED) is 0.796. The molecule has 4 nitrogen and oxygen atoms in total. The highest BCUT2D eigenvalue weighted by atomic mass is 35.5. The van der Waals surface area contributed by atoms with Crippen LogP contribution in [-0.4, -0.2) is 29.3 Å². The number of aromatic nitrogens is 1. The second kappa shape index (κ2) is 6.16. The molecule has 106 valence electrons. The van der Waals surface area contributed by atoms with E-state index in [0.717, 1.165) is 25.7 Å². The second-order valence-electron chi connectivity index (χ2n) is 5.04. The van der Waals surface area contributed by atoms with Gasteiger partial charge in [0.05, 0.1) is 15.6 Å². The topological polar surface area (TPSA) is 57.2 Å². The molecule has 1 fully saturated rings. The summed E-state index contributed by atoms with van der Waals surface area (Å²) >= 11 is 12.1. The van der Waals surface area contributed by atoms with Crippen molar-refractivity contribution < 1.29 is 5.11 Å². The Labute approximate surface area is 123 Å². The maximum absolute atomic E-state index is 10.4. The summed E-state index contributed by atoms with van der Waals surface area (Å²) in [5, 5.41) is 17.4. The van der Waals surface area contributed by atoms with E-state index in [4.69, 9.17) is 23.2 Å². The molecule has 0 unspecified atom stereocenters. The second-order valence-corrected chi connectivity index (χ2v) is 5.85. The number of hydrogen-bond donors (Lipinski definition) is 3. The number of anilines is 2. The fourth-order valence-corrected chi connectivity index (χ4v) is 2.92. The van der Waals surface area contributed by atoms with Crippen molar-refractivity contribution in [2.24, 2.45) is 0 Å². The first kappa shape index (κ1) is 14.7. The van der Waals surface area contributed by atoms with E-state index >= 15 is 0 Å². The van der Waals surface area contributed by atoms with Crippen LogP contribution in [-0.2, 0) is 0 Å². The van der Waals surface area contributed by atoms with E-state index in [2.05, 4.69) is 15.6 Å². The smallest absolute Gasteiger partial charge is 0.147 e. The van der Waals surface area contributed by atoms with Crippen LogP contribution in [0.25, 0.3) is 0 Å². The van der Waals surface area contributed by atoms with Gasteiger partial charge in [0, 0.05) is 13.6 Å². The lowest BCUT2D eigenvalue weighted by Crippen LogP contribution is -2.39. The minimum atomic E-state index is -0.650. The average molecular weight is 304 g/mol. The van der Waals surface area contributed by atoms with Crippen LogP contribution in [0.3, 0.4) is 0 Å². The summed E-state index contributed by atoms with van der Waals surface area (Å²) in [7, 11) is 1.75. The molecule has 1 saturated carbocycles. The Kier molecular flexibility index (Phi) is 4.76. The zero-order valence-corrected chi connectivity index (χ0v) is 12.5. The summed E-state index contributed by atoms with van der Waals surface area (Å²) in [5.74, 6) is 1.12. The van der Waals surface area contributed by atoms with E-state index in [9.17, 15) is 5.11 Å². The van der Waals surface area contributed by atoms with Gasteiger partial charge in [-0.15, -0.1) is 0 Å². The molecule has 6 heteroatoms. The third-order valence-electron chi connectivity index (χ3n) is 3.54. The molecule has 19 heavy (non-hydrogen) atoms. The Hall–Kier alpha value is -0.710. The van der Waals surface area contributed by atoms with Crippen LogP contribution in [0.5, 0.6) is 0 Å². The van der Waals surface area contributed by atoms with Gasteiger partial charge in [-0.3, -0.25) is 0 Å². The van der Waals surface area contributed by atoms with Gasteiger partial charge in [-0.25, -0.2) is 4.98 Å². The van der Waals surface area contributed by atoms with Crippen molar-refractivity contribution in [1.29, 1.82) is 0 Å². The summed E-state index contributed by atoms with van der Waals surface area (Å²) in [6.45, 7) is 0.463. The monoisotopic (exact) mass is 303 g/mol. The molecule has 3 N–H and O–H groups in total. The van der Waals surface area contributed by atoms with Gasteiger partial charge >= 0.3 is 0 Å². The summed E-state index contributed by atoms with van der Waals surface area (Å²) in [4.78, 5) is 4.31. The van der Waals surface area contributed by atoms with E-state index in [0.29, 0.717) is 28.2 Å². The zero-order valence-electron chi connectivity index (χ0n) is 11.0. The zero-order chi connectivity index (χ0) is 13.9. The SMILES string of the molecule is CNc1nc(NCC2(O)CCCCC2)c(Cl)cc1Cl. The fraction of sp³-hybridized carbons (Fsp3) is 0.615. The number of hydrogen-bond acceptors (Lipinski definition) is 4. The number of halogens is 2. The minimum Gasteiger partial charge on any atom is -0.388 e. The lowest BCUT2D eigenvalue weighted by atomic mass is 9.85. The molecule has 1 aromatic rings. The Balaban J connectivity index is 2.06. The van der Waals surface area contributed by atoms with Gasteiger partial charge in [0.15, 0.2) is 0 Å². The lowest BCUT2D eigenvalue weighted by Gasteiger charge is -2.32. The number of nitrogens with zero attached hydrogens (tertiary/aromatic N) is 1. The minimum absolute atomic E-state index is 0.461. The molecule has 1 aromatic heterocycles. The van der Waals surface area contributed by atoms with Gasteiger partial charge in [0.2, 0.25) is 0 Å². The highest BCUT2D eigenvalue weighted by molar-refractivity contribution is 6.37. The summed E-state index contributed by atoms with van der Waals surface area (Å²) < 4.78 is 0. The molecule has 1 aliphatic carbocycles. The number of aliphatic hydroxyl groups is 1. The van der Waals surface area contributed by atoms with Crippen LogP contribution in [0.1, 0.15) is 32.1 Å². The van der Waals surface area contributed by atoms with E-state index < -0.39 is 5.60 Å². The molecule has 0 radical (unpaired) electrons. The van der Waals surface area contributed by atoms with Gasteiger partial charge in [0.25, 0.3) is 0 Å². The van der Waals surface area contributed by atoms with Crippen LogP contribution in [0.15, 0.2) is 6.07 Å². The van der Waals surface area contributed by atoms with Gasteiger partial charge < -0.3 is 15.7 Å². The third-order valence-corrected chi connectivity index (χ3v) is 4.11. The van der Waals surface area contributed by atoms with Crippen molar-refractivity contribution in [3.05, 3.63) is 16.1 Å². The summed E-state index contributed by atoms with van der Waals surface area (Å²) in [6, 6.07) is 1.65. The molecule has 0 saturated heterocycles. The molecule has 0 aromatic carbocycles. The van der Waals surface area contributed by atoms with Crippen LogP contribution in [0.4, 0.5) is 11.6 Å². The Bertz CT molecular complexity index is 448. The highest BCUT2D eigenvalue weighted by Crippen LogP contribution is 2.31. The van der Waals surface area contributed by atoms with E-state index in [1.165, 1.54) is 6.42 Å².